The third kappa shape index (κ3) is 2.79. The summed E-state index contributed by atoms with van der Waals surface area (Å²) in [6.07, 6.45) is 12.7. The molecule has 1 aromatic rings. The Kier molecular flexibility index (Phi) is 4.45. The van der Waals surface area contributed by atoms with Crippen molar-refractivity contribution < 1.29 is 4.74 Å². The van der Waals surface area contributed by atoms with Crippen molar-refractivity contribution >= 4 is 0 Å². The van der Waals surface area contributed by atoms with E-state index in [9.17, 15) is 0 Å². The molecule has 2 fully saturated rings. The molecule has 1 aromatic heterocycles. The van der Waals surface area contributed by atoms with Gasteiger partial charge in [-0.1, -0.05) is 19.3 Å². The fraction of sp³-hybridized carbons (Fsp3) is 0.706. The van der Waals surface area contributed by atoms with Gasteiger partial charge in [0.2, 0.25) is 0 Å². The number of ether oxygens (including phenoxy) is 1. The molecule has 4 nitrogen and oxygen atoms in total. The van der Waals surface area contributed by atoms with Crippen molar-refractivity contribution in [1.82, 2.24) is 9.88 Å². The van der Waals surface area contributed by atoms with Crippen LogP contribution in [0.5, 0.6) is 5.75 Å². The lowest BCUT2D eigenvalue weighted by molar-refractivity contribution is 0.0476. The molecule has 1 unspecified atom stereocenters. The van der Waals surface area contributed by atoms with Crippen LogP contribution in [0.2, 0.25) is 0 Å². The molecule has 1 saturated carbocycles. The van der Waals surface area contributed by atoms with Crippen LogP contribution in [-0.2, 0) is 0 Å². The molecule has 4 heteroatoms. The molecule has 1 atom stereocenters. The quantitative estimate of drug-likeness (QED) is 0.926. The average Bonchev–Trinajstić information content (AvgIpc) is 3.06. The third-order valence-electron chi connectivity index (χ3n) is 5.36. The number of hydrogen-bond donors (Lipinski definition) is 1. The topological polar surface area (TPSA) is 51.4 Å². The molecule has 1 aliphatic heterocycles. The molecule has 21 heavy (non-hydrogen) atoms. The first-order valence-corrected chi connectivity index (χ1v) is 8.26. The second-order valence-corrected chi connectivity index (χ2v) is 6.49. The smallest absolute Gasteiger partial charge is 0.137 e. The second kappa shape index (κ2) is 6.32. The number of hydrogen-bond acceptors (Lipinski definition) is 4. The molecule has 2 heterocycles. The van der Waals surface area contributed by atoms with Gasteiger partial charge in [0.25, 0.3) is 0 Å². The van der Waals surface area contributed by atoms with Crippen molar-refractivity contribution in [3.05, 3.63) is 24.0 Å². The molecule has 0 bridgehead atoms. The van der Waals surface area contributed by atoms with E-state index in [-0.39, 0.29) is 11.6 Å². The van der Waals surface area contributed by atoms with Crippen LogP contribution in [0.25, 0.3) is 0 Å². The third-order valence-corrected chi connectivity index (χ3v) is 5.36. The van der Waals surface area contributed by atoms with Gasteiger partial charge in [-0.25, -0.2) is 0 Å². The normalized spacial score (nSPS) is 23.9. The van der Waals surface area contributed by atoms with Crippen LogP contribution in [0.3, 0.4) is 0 Å². The summed E-state index contributed by atoms with van der Waals surface area (Å²) in [4.78, 5) is 6.97. The van der Waals surface area contributed by atoms with Gasteiger partial charge in [0.15, 0.2) is 0 Å². The highest BCUT2D eigenvalue weighted by Gasteiger charge is 2.45. The van der Waals surface area contributed by atoms with Crippen LogP contribution in [0.15, 0.2) is 18.5 Å². The highest BCUT2D eigenvalue weighted by molar-refractivity contribution is 5.29. The zero-order chi connectivity index (χ0) is 14.7. The monoisotopic (exact) mass is 289 g/mol. The van der Waals surface area contributed by atoms with E-state index < -0.39 is 0 Å². The Labute approximate surface area is 127 Å². The predicted molar refractivity (Wildman–Crippen MR) is 84.3 cm³/mol. The minimum atomic E-state index is 0.0284. The molecule has 0 amide bonds. The van der Waals surface area contributed by atoms with Gasteiger partial charge in [0, 0.05) is 17.8 Å². The van der Waals surface area contributed by atoms with Gasteiger partial charge < -0.3 is 10.5 Å². The number of likely N-dealkylation sites (tertiary alicyclic amines) is 1. The summed E-state index contributed by atoms with van der Waals surface area (Å²) >= 11 is 0. The fourth-order valence-corrected chi connectivity index (χ4v) is 4.18. The summed E-state index contributed by atoms with van der Waals surface area (Å²) < 4.78 is 5.31. The number of nitrogens with two attached hydrogens (primary N) is 1. The van der Waals surface area contributed by atoms with Crippen LogP contribution in [-0.4, -0.2) is 35.6 Å². The zero-order valence-electron chi connectivity index (χ0n) is 13.1. The van der Waals surface area contributed by atoms with Crippen molar-refractivity contribution in [1.29, 1.82) is 0 Å². The Hall–Kier alpha value is -1.13. The van der Waals surface area contributed by atoms with Crippen LogP contribution >= 0.6 is 0 Å². The van der Waals surface area contributed by atoms with E-state index in [0.29, 0.717) is 0 Å². The standard InChI is InChI=1S/C17H27N3O/c1-21-15-11-14(12-19-13-15)16(18)17(7-3-4-8-17)20-9-5-2-6-10-20/h11-13,16H,2-10,18H2,1H3. The van der Waals surface area contributed by atoms with Crippen molar-refractivity contribution in [3.8, 4) is 5.75 Å². The van der Waals surface area contributed by atoms with Gasteiger partial charge in [-0.3, -0.25) is 9.88 Å². The molecule has 2 N–H and O–H groups in total. The van der Waals surface area contributed by atoms with Gasteiger partial charge in [0.1, 0.15) is 5.75 Å². The number of methoxy groups -OCH3 is 1. The van der Waals surface area contributed by atoms with Gasteiger partial charge in [0.05, 0.1) is 13.3 Å². The Balaban J connectivity index is 1.88. The SMILES string of the molecule is COc1cncc(C(N)C2(N3CCCCC3)CCCC2)c1. The van der Waals surface area contributed by atoms with Gasteiger partial charge in [-0.05, 0) is 50.4 Å². The first-order valence-electron chi connectivity index (χ1n) is 8.26. The molecule has 1 aliphatic carbocycles. The maximum atomic E-state index is 6.75. The number of rotatable bonds is 4. The maximum absolute atomic E-state index is 6.75. The van der Waals surface area contributed by atoms with E-state index in [4.69, 9.17) is 10.5 Å². The molecular formula is C17H27N3O. The number of nitrogens with zero attached hydrogens (tertiary/aromatic N) is 2. The lowest BCUT2D eigenvalue weighted by Crippen LogP contribution is -2.55. The van der Waals surface area contributed by atoms with Gasteiger partial charge in [-0.15, -0.1) is 0 Å². The molecule has 0 spiro atoms. The largest absolute Gasteiger partial charge is 0.495 e. The van der Waals surface area contributed by atoms with Crippen molar-refractivity contribution in [3.63, 3.8) is 0 Å². The molecule has 3 rings (SSSR count). The molecule has 1 saturated heterocycles. The van der Waals surface area contributed by atoms with Crippen LogP contribution in [0.1, 0.15) is 56.6 Å². The second-order valence-electron chi connectivity index (χ2n) is 6.49. The van der Waals surface area contributed by atoms with Crippen molar-refractivity contribution in [2.45, 2.75) is 56.5 Å². The van der Waals surface area contributed by atoms with Crippen LogP contribution in [0, 0.1) is 0 Å². The lowest BCUT2D eigenvalue weighted by atomic mass is 9.81. The number of pyridine rings is 1. The summed E-state index contributed by atoms with van der Waals surface area (Å²) in [7, 11) is 1.68. The first-order chi connectivity index (χ1) is 10.3. The zero-order valence-corrected chi connectivity index (χ0v) is 13.1. The first kappa shape index (κ1) is 14.8. The van der Waals surface area contributed by atoms with Crippen LogP contribution < -0.4 is 10.5 Å². The Morgan fingerprint density at radius 2 is 1.86 bits per heavy atom. The number of aromatic nitrogens is 1. The summed E-state index contributed by atoms with van der Waals surface area (Å²) in [5.74, 6) is 0.801. The molecule has 0 radical (unpaired) electrons. The van der Waals surface area contributed by atoms with E-state index in [1.54, 1.807) is 13.3 Å². The maximum Gasteiger partial charge on any atom is 0.137 e. The van der Waals surface area contributed by atoms with Gasteiger partial charge >= 0.3 is 0 Å². The van der Waals surface area contributed by atoms with E-state index in [0.717, 1.165) is 11.3 Å². The van der Waals surface area contributed by atoms with E-state index in [1.165, 1.54) is 58.0 Å². The Bertz CT molecular complexity index is 465. The van der Waals surface area contributed by atoms with Gasteiger partial charge in [-0.2, -0.15) is 0 Å². The molecule has 2 aliphatic rings. The summed E-state index contributed by atoms with van der Waals surface area (Å²) in [6.45, 7) is 2.40. The molecular weight excluding hydrogens is 262 g/mol. The van der Waals surface area contributed by atoms with Crippen LogP contribution in [0.4, 0.5) is 0 Å². The average molecular weight is 289 g/mol. The Morgan fingerprint density at radius 1 is 1.14 bits per heavy atom. The minimum absolute atomic E-state index is 0.0284. The highest BCUT2D eigenvalue weighted by atomic mass is 16.5. The van der Waals surface area contributed by atoms with E-state index >= 15 is 0 Å². The highest BCUT2D eigenvalue weighted by Crippen LogP contribution is 2.44. The minimum Gasteiger partial charge on any atom is -0.495 e. The van der Waals surface area contributed by atoms with E-state index in [1.807, 2.05) is 6.20 Å². The predicted octanol–water partition coefficient (Wildman–Crippen LogP) is 2.89. The summed E-state index contributed by atoms with van der Waals surface area (Å²) in [5, 5.41) is 0. The Morgan fingerprint density at radius 3 is 2.52 bits per heavy atom. The van der Waals surface area contributed by atoms with Crippen molar-refractivity contribution in [2.24, 2.45) is 5.73 Å². The van der Waals surface area contributed by atoms with Crippen molar-refractivity contribution in [2.75, 3.05) is 20.2 Å². The summed E-state index contributed by atoms with van der Waals surface area (Å²) in [5.41, 5.74) is 8.00. The lowest BCUT2D eigenvalue weighted by Gasteiger charge is -2.47. The molecule has 116 valence electrons. The summed E-state index contributed by atoms with van der Waals surface area (Å²) in [6, 6.07) is 2.09. The van der Waals surface area contributed by atoms with E-state index in [2.05, 4.69) is 16.0 Å². The molecule has 0 aromatic carbocycles. The number of piperidine rings is 1. The fourth-order valence-electron chi connectivity index (χ4n) is 4.18.